The standard InChI is InChI=1S/C16H23NO4S/c1-10-12(11(2)18)22-13(17-10)16(6-8-20-9-7-16)14(19)21-15(3,4)5/h6-9H2,1-5H3. The Kier molecular flexibility index (Phi) is 4.73. The highest BCUT2D eigenvalue weighted by Gasteiger charge is 2.47. The molecule has 1 fully saturated rings. The van der Waals surface area contributed by atoms with Gasteiger partial charge in [0.25, 0.3) is 0 Å². The summed E-state index contributed by atoms with van der Waals surface area (Å²) in [5.41, 5.74) is -0.672. The molecule has 1 aromatic rings. The van der Waals surface area contributed by atoms with Crippen LogP contribution in [-0.4, -0.2) is 35.6 Å². The van der Waals surface area contributed by atoms with Gasteiger partial charge in [0.15, 0.2) is 5.78 Å². The molecule has 0 aliphatic carbocycles. The lowest BCUT2D eigenvalue weighted by Gasteiger charge is -2.35. The van der Waals surface area contributed by atoms with E-state index in [0.717, 1.165) is 0 Å². The molecule has 0 amide bonds. The SMILES string of the molecule is CC(=O)c1sc(C2(C(=O)OC(C)(C)C)CCOCC2)nc1C. The Morgan fingerprint density at radius 1 is 1.27 bits per heavy atom. The van der Waals surface area contributed by atoms with Gasteiger partial charge >= 0.3 is 5.97 Å². The fourth-order valence-corrected chi connectivity index (χ4v) is 3.72. The maximum absolute atomic E-state index is 12.8. The molecule has 0 atom stereocenters. The number of aromatic nitrogens is 1. The molecule has 2 rings (SSSR count). The van der Waals surface area contributed by atoms with Crippen molar-refractivity contribution in [3.63, 3.8) is 0 Å². The number of rotatable bonds is 3. The van der Waals surface area contributed by atoms with Gasteiger partial charge in [-0.25, -0.2) is 4.98 Å². The Morgan fingerprint density at radius 3 is 2.32 bits per heavy atom. The number of hydrogen-bond acceptors (Lipinski definition) is 6. The van der Waals surface area contributed by atoms with Crippen LogP contribution in [0.4, 0.5) is 0 Å². The second-order valence-corrected chi connectivity index (χ2v) is 7.69. The van der Waals surface area contributed by atoms with Gasteiger partial charge in [0, 0.05) is 20.1 Å². The molecule has 0 N–H and O–H groups in total. The van der Waals surface area contributed by atoms with Crippen molar-refractivity contribution in [1.82, 2.24) is 4.98 Å². The summed E-state index contributed by atoms with van der Waals surface area (Å²) in [5, 5.41) is 0.674. The molecule has 1 aromatic heterocycles. The zero-order valence-corrected chi connectivity index (χ0v) is 14.6. The Morgan fingerprint density at radius 2 is 1.86 bits per heavy atom. The fraction of sp³-hybridized carbons (Fsp3) is 0.688. The van der Waals surface area contributed by atoms with E-state index in [0.29, 0.717) is 41.6 Å². The topological polar surface area (TPSA) is 65.5 Å². The number of ketones is 1. The maximum atomic E-state index is 12.8. The molecule has 1 aliphatic rings. The van der Waals surface area contributed by atoms with E-state index < -0.39 is 11.0 Å². The molecule has 1 saturated heterocycles. The number of carbonyl (C=O) groups excluding carboxylic acids is 2. The fourth-order valence-electron chi connectivity index (χ4n) is 2.53. The monoisotopic (exact) mass is 325 g/mol. The van der Waals surface area contributed by atoms with Gasteiger partial charge in [-0.3, -0.25) is 9.59 Å². The summed E-state index contributed by atoms with van der Waals surface area (Å²) in [5.74, 6) is -0.292. The summed E-state index contributed by atoms with van der Waals surface area (Å²) in [4.78, 5) is 29.7. The molecule has 0 saturated carbocycles. The summed E-state index contributed by atoms with van der Waals surface area (Å²) >= 11 is 1.31. The highest BCUT2D eigenvalue weighted by Crippen LogP contribution is 2.40. The molecule has 6 heteroatoms. The number of carbonyl (C=O) groups is 2. The van der Waals surface area contributed by atoms with Crippen LogP contribution in [0.25, 0.3) is 0 Å². The van der Waals surface area contributed by atoms with Gasteiger partial charge in [0.1, 0.15) is 16.0 Å². The molecule has 1 aliphatic heterocycles. The summed E-state index contributed by atoms with van der Waals surface area (Å²) in [6.45, 7) is 9.87. The van der Waals surface area contributed by atoms with Crippen LogP contribution in [0, 0.1) is 6.92 Å². The number of esters is 1. The molecule has 0 aromatic carbocycles. The van der Waals surface area contributed by atoms with Crippen LogP contribution in [0.5, 0.6) is 0 Å². The van der Waals surface area contributed by atoms with E-state index in [1.807, 2.05) is 20.8 Å². The van der Waals surface area contributed by atoms with Gasteiger partial charge in [-0.1, -0.05) is 0 Å². The van der Waals surface area contributed by atoms with Crippen LogP contribution < -0.4 is 0 Å². The van der Waals surface area contributed by atoms with Crippen molar-refractivity contribution < 1.29 is 19.1 Å². The highest BCUT2D eigenvalue weighted by molar-refractivity contribution is 7.14. The van der Waals surface area contributed by atoms with E-state index in [1.165, 1.54) is 18.3 Å². The van der Waals surface area contributed by atoms with Crippen molar-refractivity contribution in [2.45, 2.75) is 58.5 Å². The minimum atomic E-state index is -0.797. The predicted octanol–water partition coefficient (Wildman–Crippen LogP) is 3.04. The Balaban J connectivity index is 2.43. The first-order chi connectivity index (χ1) is 10.2. The highest BCUT2D eigenvalue weighted by atomic mass is 32.1. The van der Waals surface area contributed by atoms with Gasteiger partial charge in [-0.05, 0) is 40.5 Å². The third-order valence-corrected chi connectivity index (χ3v) is 5.12. The number of Topliss-reactive ketones (excluding diaryl/α,β-unsaturated/α-hetero) is 1. The first kappa shape index (κ1) is 17.1. The van der Waals surface area contributed by atoms with Crippen molar-refractivity contribution >= 4 is 23.1 Å². The predicted molar refractivity (Wildman–Crippen MR) is 84.4 cm³/mol. The number of aryl methyl sites for hydroxylation is 1. The number of ether oxygens (including phenoxy) is 2. The quantitative estimate of drug-likeness (QED) is 0.631. The normalized spacial score (nSPS) is 18.0. The number of thiazole rings is 1. The number of hydrogen-bond donors (Lipinski definition) is 0. The van der Waals surface area contributed by atoms with Crippen LogP contribution in [0.3, 0.4) is 0 Å². The van der Waals surface area contributed by atoms with Gasteiger partial charge < -0.3 is 9.47 Å². The van der Waals surface area contributed by atoms with Crippen LogP contribution in [0.2, 0.25) is 0 Å². The van der Waals surface area contributed by atoms with Crippen LogP contribution in [-0.2, 0) is 19.7 Å². The van der Waals surface area contributed by atoms with Crippen molar-refractivity contribution in [2.24, 2.45) is 0 Å². The Hall–Kier alpha value is -1.27. The molecule has 5 nitrogen and oxygen atoms in total. The zero-order valence-electron chi connectivity index (χ0n) is 13.8. The molecule has 22 heavy (non-hydrogen) atoms. The largest absolute Gasteiger partial charge is 0.459 e. The summed E-state index contributed by atoms with van der Waals surface area (Å²) in [6.07, 6.45) is 1.07. The summed E-state index contributed by atoms with van der Waals surface area (Å²) in [7, 11) is 0. The first-order valence-electron chi connectivity index (χ1n) is 7.46. The molecule has 0 radical (unpaired) electrons. The van der Waals surface area contributed by atoms with Crippen molar-refractivity contribution in [1.29, 1.82) is 0 Å². The van der Waals surface area contributed by atoms with E-state index in [1.54, 1.807) is 6.92 Å². The van der Waals surface area contributed by atoms with Crippen molar-refractivity contribution in [3.05, 3.63) is 15.6 Å². The third-order valence-electron chi connectivity index (χ3n) is 3.66. The number of nitrogens with zero attached hydrogens (tertiary/aromatic N) is 1. The van der Waals surface area contributed by atoms with Gasteiger partial charge in [0.2, 0.25) is 0 Å². The van der Waals surface area contributed by atoms with Gasteiger partial charge in [0.05, 0.1) is 10.6 Å². The molecule has 122 valence electrons. The lowest BCUT2D eigenvalue weighted by Crippen LogP contribution is -2.45. The second-order valence-electron chi connectivity index (χ2n) is 6.69. The smallest absolute Gasteiger partial charge is 0.319 e. The molecule has 0 unspecified atom stereocenters. The van der Waals surface area contributed by atoms with E-state index >= 15 is 0 Å². The van der Waals surface area contributed by atoms with Gasteiger partial charge in [-0.15, -0.1) is 11.3 Å². The minimum absolute atomic E-state index is 0.0207. The second kappa shape index (κ2) is 6.08. The van der Waals surface area contributed by atoms with Gasteiger partial charge in [-0.2, -0.15) is 0 Å². The van der Waals surface area contributed by atoms with E-state index in [4.69, 9.17) is 9.47 Å². The summed E-state index contributed by atoms with van der Waals surface area (Å²) in [6, 6.07) is 0. The molecule has 2 heterocycles. The van der Waals surface area contributed by atoms with E-state index in [2.05, 4.69) is 4.98 Å². The Bertz CT molecular complexity index is 579. The zero-order chi connectivity index (χ0) is 16.5. The van der Waals surface area contributed by atoms with Crippen molar-refractivity contribution in [2.75, 3.05) is 13.2 Å². The lowest BCUT2D eigenvalue weighted by atomic mass is 9.80. The molecular formula is C16H23NO4S. The molecule has 0 bridgehead atoms. The minimum Gasteiger partial charge on any atom is -0.459 e. The Labute approximate surface area is 135 Å². The van der Waals surface area contributed by atoms with Crippen LogP contribution in [0.15, 0.2) is 0 Å². The third kappa shape index (κ3) is 3.38. The molecular weight excluding hydrogens is 302 g/mol. The van der Waals surface area contributed by atoms with E-state index in [9.17, 15) is 9.59 Å². The van der Waals surface area contributed by atoms with Crippen LogP contribution in [0.1, 0.15) is 60.9 Å². The summed E-state index contributed by atoms with van der Waals surface area (Å²) < 4.78 is 11.0. The average molecular weight is 325 g/mol. The lowest BCUT2D eigenvalue weighted by molar-refractivity contribution is -0.166. The van der Waals surface area contributed by atoms with Crippen LogP contribution >= 0.6 is 11.3 Å². The average Bonchev–Trinajstić information content (AvgIpc) is 2.80. The molecule has 0 spiro atoms. The first-order valence-corrected chi connectivity index (χ1v) is 8.27. The van der Waals surface area contributed by atoms with Crippen molar-refractivity contribution in [3.8, 4) is 0 Å². The maximum Gasteiger partial charge on any atom is 0.319 e. The van der Waals surface area contributed by atoms with E-state index in [-0.39, 0.29) is 11.8 Å².